The lowest BCUT2D eigenvalue weighted by atomic mass is 10.1. The van der Waals surface area contributed by atoms with E-state index in [9.17, 15) is 23.2 Å². The fourth-order valence-corrected chi connectivity index (χ4v) is 3.31. The second kappa shape index (κ2) is 9.55. The largest absolute Gasteiger partial charge is 0.493 e. The first-order chi connectivity index (χ1) is 14.8. The Kier molecular flexibility index (Phi) is 6.84. The number of carbonyl (C=O) groups is 3. The van der Waals surface area contributed by atoms with Crippen molar-refractivity contribution in [2.45, 2.75) is 32.9 Å². The Morgan fingerprint density at radius 2 is 1.81 bits per heavy atom. The highest BCUT2D eigenvalue weighted by atomic mass is 19.3. The summed E-state index contributed by atoms with van der Waals surface area (Å²) in [5.41, 5.74) is 2.31. The van der Waals surface area contributed by atoms with Gasteiger partial charge < -0.3 is 14.8 Å². The molecule has 7 nitrogen and oxygen atoms in total. The average molecular weight is 432 g/mol. The first kappa shape index (κ1) is 22.2. The molecule has 2 aromatic rings. The van der Waals surface area contributed by atoms with E-state index in [0.717, 1.165) is 10.5 Å². The van der Waals surface area contributed by atoms with Crippen LogP contribution < -0.4 is 14.8 Å². The topological polar surface area (TPSA) is 84.9 Å². The molecule has 0 saturated carbocycles. The fourth-order valence-electron chi connectivity index (χ4n) is 3.31. The molecule has 0 atom stereocenters. The standard InChI is InChI=1S/C22H22F2N2O5/c1-13-5-7-15-16(10-13)21(29)26(20(15)28)9-3-4-19(27)25-12-14-6-8-17(31-22(23)24)18(11-14)30-2/h5-8,10-11,22H,3-4,9,12H2,1-2H3,(H,25,27). The van der Waals surface area contributed by atoms with Crippen LogP contribution in [0.25, 0.3) is 0 Å². The minimum absolute atomic E-state index is 0.0938. The number of halogens is 2. The lowest BCUT2D eigenvalue weighted by molar-refractivity contribution is -0.121. The van der Waals surface area contributed by atoms with Gasteiger partial charge in [-0.05, 0) is 43.2 Å². The Balaban J connectivity index is 1.48. The molecule has 0 unspecified atom stereocenters. The first-order valence-electron chi connectivity index (χ1n) is 9.65. The van der Waals surface area contributed by atoms with Gasteiger partial charge in [0.1, 0.15) is 0 Å². The van der Waals surface area contributed by atoms with Crippen molar-refractivity contribution >= 4 is 17.7 Å². The van der Waals surface area contributed by atoms with Crippen LogP contribution in [0.4, 0.5) is 8.78 Å². The van der Waals surface area contributed by atoms with Crippen molar-refractivity contribution in [1.82, 2.24) is 10.2 Å². The number of nitrogens with one attached hydrogen (secondary N) is 1. The molecule has 1 heterocycles. The van der Waals surface area contributed by atoms with Crippen LogP contribution in [0.2, 0.25) is 0 Å². The van der Waals surface area contributed by atoms with Gasteiger partial charge >= 0.3 is 6.61 Å². The molecule has 0 bridgehead atoms. The van der Waals surface area contributed by atoms with E-state index >= 15 is 0 Å². The van der Waals surface area contributed by atoms with E-state index in [0.29, 0.717) is 23.1 Å². The van der Waals surface area contributed by atoms with Crippen molar-refractivity contribution in [1.29, 1.82) is 0 Å². The summed E-state index contributed by atoms with van der Waals surface area (Å²) in [6.45, 7) is -0.811. The van der Waals surface area contributed by atoms with E-state index < -0.39 is 6.61 Å². The monoisotopic (exact) mass is 432 g/mol. The van der Waals surface area contributed by atoms with E-state index in [1.54, 1.807) is 24.3 Å². The van der Waals surface area contributed by atoms with Crippen LogP contribution in [0.15, 0.2) is 36.4 Å². The fraction of sp³-hybridized carbons (Fsp3) is 0.318. The molecule has 2 aromatic carbocycles. The normalized spacial score (nSPS) is 12.9. The number of alkyl halides is 2. The molecule has 0 aliphatic carbocycles. The predicted molar refractivity (Wildman–Crippen MR) is 107 cm³/mol. The number of aryl methyl sites for hydroxylation is 1. The molecule has 1 aliphatic heterocycles. The molecule has 164 valence electrons. The summed E-state index contributed by atoms with van der Waals surface area (Å²) in [4.78, 5) is 38.1. The molecule has 3 rings (SSSR count). The Hall–Kier alpha value is -3.49. The molecule has 0 fully saturated rings. The Morgan fingerprint density at radius 3 is 2.52 bits per heavy atom. The third kappa shape index (κ3) is 5.17. The van der Waals surface area contributed by atoms with Crippen LogP contribution >= 0.6 is 0 Å². The molecule has 3 amide bonds. The van der Waals surface area contributed by atoms with Gasteiger partial charge in [-0.15, -0.1) is 0 Å². The number of methoxy groups -OCH3 is 1. The summed E-state index contributed by atoms with van der Waals surface area (Å²) < 4.78 is 34.2. The number of ether oxygens (including phenoxy) is 2. The highest BCUT2D eigenvalue weighted by molar-refractivity contribution is 6.21. The minimum Gasteiger partial charge on any atom is -0.493 e. The lowest BCUT2D eigenvalue weighted by Crippen LogP contribution is -2.32. The SMILES string of the molecule is COc1cc(CNC(=O)CCCN2C(=O)c3ccc(C)cc3C2=O)ccc1OC(F)F. The van der Waals surface area contributed by atoms with Gasteiger partial charge in [0.2, 0.25) is 5.91 Å². The second-order valence-corrected chi connectivity index (χ2v) is 7.05. The van der Waals surface area contributed by atoms with E-state index in [2.05, 4.69) is 10.1 Å². The number of hydrogen-bond acceptors (Lipinski definition) is 5. The second-order valence-electron chi connectivity index (χ2n) is 7.05. The number of benzene rings is 2. The minimum atomic E-state index is -2.97. The molecule has 0 spiro atoms. The van der Waals surface area contributed by atoms with Crippen LogP contribution in [0.5, 0.6) is 11.5 Å². The van der Waals surface area contributed by atoms with Crippen LogP contribution in [0.1, 0.15) is 44.7 Å². The number of rotatable bonds is 9. The van der Waals surface area contributed by atoms with Gasteiger partial charge in [0.25, 0.3) is 11.8 Å². The predicted octanol–water partition coefficient (Wildman–Crippen LogP) is 3.30. The summed E-state index contributed by atoms with van der Waals surface area (Å²) in [6.07, 6.45) is 0.441. The summed E-state index contributed by atoms with van der Waals surface area (Å²) >= 11 is 0. The van der Waals surface area contributed by atoms with Gasteiger partial charge in [0, 0.05) is 19.5 Å². The van der Waals surface area contributed by atoms with E-state index in [1.165, 1.54) is 19.2 Å². The number of amides is 3. The zero-order valence-corrected chi connectivity index (χ0v) is 17.1. The van der Waals surface area contributed by atoms with Crippen LogP contribution in [-0.4, -0.2) is 42.9 Å². The highest BCUT2D eigenvalue weighted by Gasteiger charge is 2.34. The van der Waals surface area contributed by atoms with Gasteiger partial charge in [-0.25, -0.2) is 0 Å². The number of imide groups is 1. The third-order valence-electron chi connectivity index (χ3n) is 4.85. The maximum absolute atomic E-state index is 12.4. The molecular formula is C22H22F2N2O5. The first-order valence-corrected chi connectivity index (χ1v) is 9.65. The Labute approximate surface area is 177 Å². The van der Waals surface area contributed by atoms with Crippen molar-refractivity contribution in [2.24, 2.45) is 0 Å². The smallest absolute Gasteiger partial charge is 0.387 e. The molecule has 1 N–H and O–H groups in total. The third-order valence-corrected chi connectivity index (χ3v) is 4.85. The maximum atomic E-state index is 12.4. The summed E-state index contributed by atoms with van der Waals surface area (Å²) in [6, 6.07) is 9.50. The van der Waals surface area contributed by atoms with Gasteiger partial charge in [-0.3, -0.25) is 19.3 Å². The summed E-state index contributed by atoms with van der Waals surface area (Å²) in [5.74, 6) is -0.920. The highest BCUT2D eigenvalue weighted by Crippen LogP contribution is 2.29. The van der Waals surface area contributed by atoms with Gasteiger partial charge in [0.15, 0.2) is 11.5 Å². The molecule has 31 heavy (non-hydrogen) atoms. The molecule has 0 aromatic heterocycles. The maximum Gasteiger partial charge on any atom is 0.387 e. The van der Waals surface area contributed by atoms with E-state index in [4.69, 9.17) is 4.74 Å². The van der Waals surface area contributed by atoms with Crippen molar-refractivity contribution in [3.8, 4) is 11.5 Å². The van der Waals surface area contributed by atoms with Crippen molar-refractivity contribution in [3.05, 3.63) is 58.7 Å². The molecular weight excluding hydrogens is 410 g/mol. The van der Waals surface area contributed by atoms with Crippen molar-refractivity contribution < 1.29 is 32.6 Å². The summed E-state index contributed by atoms with van der Waals surface area (Å²) in [7, 11) is 1.33. The molecule has 0 saturated heterocycles. The Bertz CT molecular complexity index is 1010. The zero-order chi connectivity index (χ0) is 22.5. The van der Waals surface area contributed by atoms with Gasteiger partial charge in [-0.1, -0.05) is 17.7 Å². The summed E-state index contributed by atoms with van der Waals surface area (Å²) in [5, 5.41) is 2.71. The van der Waals surface area contributed by atoms with Crippen LogP contribution in [0, 0.1) is 6.92 Å². The zero-order valence-electron chi connectivity index (χ0n) is 17.1. The quantitative estimate of drug-likeness (QED) is 0.615. The number of nitrogens with zero attached hydrogens (tertiary/aromatic N) is 1. The van der Waals surface area contributed by atoms with Crippen molar-refractivity contribution in [2.75, 3.05) is 13.7 Å². The average Bonchev–Trinajstić information content (AvgIpc) is 2.96. The Morgan fingerprint density at radius 1 is 1.06 bits per heavy atom. The number of hydrogen-bond donors (Lipinski definition) is 1. The molecule has 0 radical (unpaired) electrons. The van der Waals surface area contributed by atoms with E-state index in [-0.39, 0.29) is 48.7 Å². The molecule has 1 aliphatic rings. The van der Waals surface area contributed by atoms with Crippen LogP contribution in [-0.2, 0) is 11.3 Å². The van der Waals surface area contributed by atoms with Gasteiger partial charge in [-0.2, -0.15) is 8.78 Å². The van der Waals surface area contributed by atoms with E-state index in [1.807, 2.05) is 6.92 Å². The number of fused-ring (bicyclic) bond motifs is 1. The van der Waals surface area contributed by atoms with Crippen LogP contribution in [0.3, 0.4) is 0 Å². The van der Waals surface area contributed by atoms with Crippen molar-refractivity contribution in [3.63, 3.8) is 0 Å². The number of carbonyl (C=O) groups excluding carboxylic acids is 3. The van der Waals surface area contributed by atoms with Gasteiger partial charge in [0.05, 0.1) is 18.2 Å². The lowest BCUT2D eigenvalue weighted by Gasteiger charge is -2.14. The molecule has 9 heteroatoms.